The van der Waals surface area contributed by atoms with Gasteiger partial charge in [-0.3, -0.25) is 4.79 Å². The lowest BCUT2D eigenvalue weighted by atomic mass is 9.92. The van der Waals surface area contributed by atoms with Crippen LogP contribution in [0.1, 0.15) is 25.3 Å². The lowest BCUT2D eigenvalue weighted by Gasteiger charge is -2.13. The average Bonchev–Trinajstić information content (AvgIpc) is 2.90. The molecular formula is C11H10ClFO. The molecule has 1 nitrogen and oxygen atoms in total. The monoisotopic (exact) mass is 212 g/mol. The van der Waals surface area contributed by atoms with Crippen LogP contribution in [0.25, 0.3) is 0 Å². The van der Waals surface area contributed by atoms with Crippen LogP contribution in [-0.2, 0) is 10.2 Å². The predicted octanol–water partition coefficient (Wildman–Crippen LogP) is 3.10. The van der Waals surface area contributed by atoms with E-state index in [1.54, 1.807) is 0 Å². The summed E-state index contributed by atoms with van der Waals surface area (Å²) in [5, 5.41) is 0.485. The van der Waals surface area contributed by atoms with E-state index in [-0.39, 0.29) is 11.6 Å². The maximum absolute atomic E-state index is 13.0. The molecule has 14 heavy (non-hydrogen) atoms. The smallest absolute Gasteiger partial charge is 0.140 e. The van der Waals surface area contributed by atoms with Gasteiger partial charge in [-0.05, 0) is 43.5 Å². The number of carbonyl (C=O) groups is 1. The van der Waals surface area contributed by atoms with Crippen LogP contribution in [0.5, 0.6) is 0 Å². The quantitative estimate of drug-likeness (QED) is 0.736. The molecule has 1 aromatic rings. The molecule has 0 saturated heterocycles. The Morgan fingerprint density at radius 1 is 1.50 bits per heavy atom. The van der Waals surface area contributed by atoms with Crippen LogP contribution in [0.2, 0.25) is 5.02 Å². The highest BCUT2D eigenvalue weighted by molar-refractivity contribution is 6.31. The standard InChI is InChI=1S/C11H10ClFO/c1-7(14)11(4-5-11)9-6-8(13)2-3-10(9)12/h2-3,6H,4-5H2,1H3. The number of Topliss-reactive ketones (excluding diaryl/α,β-unsaturated/α-hetero) is 1. The maximum atomic E-state index is 13.0. The number of benzene rings is 1. The molecule has 1 aliphatic carbocycles. The van der Waals surface area contributed by atoms with Crippen LogP contribution >= 0.6 is 11.6 Å². The van der Waals surface area contributed by atoms with Crippen LogP contribution in [0, 0.1) is 5.82 Å². The van der Waals surface area contributed by atoms with Gasteiger partial charge in [0.15, 0.2) is 0 Å². The Hall–Kier alpha value is -0.890. The summed E-state index contributed by atoms with van der Waals surface area (Å²) in [6.07, 6.45) is 1.57. The van der Waals surface area contributed by atoms with Crippen molar-refractivity contribution in [2.45, 2.75) is 25.2 Å². The van der Waals surface area contributed by atoms with E-state index in [0.717, 1.165) is 12.8 Å². The molecule has 2 rings (SSSR count). The maximum Gasteiger partial charge on any atom is 0.140 e. The van der Waals surface area contributed by atoms with Crippen LogP contribution in [-0.4, -0.2) is 5.78 Å². The van der Waals surface area contributed by atoms with Crippen LogP contribution in [0.3, 0.4) is 0 Å². The minimum atomic E-state index is -0.487. The molecule has 0 bridgehead atoms. The highest BCUT2D eigenvalue weighted by Crippen LogP contribution is 2.51. The summed E-state index contributed by atoms with van der Waals surface area (Å²) in [4.78, 5) is 11.4. The Balaban J connectivity index is 2.51. The molecule has 74 valence electrons. The first-order valence-electron chi connectivity index (χ1n) is 4.53. The Kier molecular flexibility index (Phi) is 2.11. The number of halogens is 2. The summed E-state index contributed by atoms with van der Waals surface area (Å²) >= 11 is 5.95. The number of carbonyl (C=O) groups excluding carboxylic acids is 1. The fraction of sp³-hybridized carbons (Fsp3) is 0.364. The fourth-order valence-electron chi connectivity index (χ4n) is 1.80. The SMILES string of the molecule is CC(=O)C1(c2cc(F)ccc2Cl)CC1. The van der Waals surface area contributed by atoms with E-state index in [0.29, 0.717) is 10.6 Å². The zero-order chi connectivity index (χ0) is 10.3. The second kappa shape index (κ2) is 3.06. The van der Waals surface area contributed by atoms with Crippen molar-refractivity contribution in [1.82, 2.24) is 0 Å². The summed E-state index contributed by atoms with van der Waals surface area (Å²) in [6, 6.07) is 4.19. The van der Waals surface area contributed by atoms with Gasteiger partial charge in [-0.25, -0.2) is 4.39 Å². The third-order valence-electron chi connectivity index (χ3n) is 2.87. The average molecular weight is 213 g/mol. The number of ketones is 1. The summed E-state index contributed by atoms with van der Waals surface area (Å²) in [5.74, 6) is -0.262. The van der Waals surface area contributed by atoms with Crippen LogP contribution in [0.4, 0.5) is 4.39 Å². The van der Waals surface area contributed by atoms with Gasteiger partial charge in [-0.1, -0.05) is 11.6 Å². The summed E-state index contributed by atoms with van der Waals surface area (Å²) < 4.78 is 13.0. The Morgan fingerprint density at radius 2 is 2.14 bits per heavy atom. The zero-order valence-electron chi connectivity index (χ0n) is 7.81. The van der Waals surface area contributed by atoms with E-state index < -0.39 is 5.41 Å². The Bertz CT molecular complexity index is 396. The first-order chi connectivity index (χ1) is 6.56. The van der Waals surface area contributed by atoms with Gasteiger partial charge >= 0.3 is 0 Å². The molecule has 0 N–H and O–H groups in total. The van der Waals surface area contributed by atoms with Crippen molar-refractivity contribution < 1.29 is 9.18 Å². The first kappa shape index (κ1) is 9.66. The van der Waals surface area contributed by atoms with Crippen molar-refractivity contribution in [2.75, 3.05) is 0 Å². The molecule has 3 heteroatoms. The van der Waals surface area contributed by atoms with Gasteiger partial charge in [-0.2, -0.15) is 0 Å². The molecule has 0 spiro atoms. The first-order valence-corrected chi connectivity index (χ1v) is 4.91. The molecule has 0 amide bonds. The fourth-order valence-corrected chi connectivity index (χ4v) is 2.10. The van der Waals surface area contributed by atoms with E-state index in [4.69, 9.17) is 11.6 Å². The second-order valence-corrected chi connectivity index (χ2v) is 4.17. The van der Waals surface area contributed by atoms with Gasteiger partial charge in [0, 0.05) is 5.02 Å². The van der Waals surface area contributed by atoms with Gasteiger partial charge in [-0.15, -0.1) is 0 Å². The summed E-state index contributed by atoms with van der Waals surface area (Å²) in [6.45, 7) is 1.54. The summed E-state index contributed by atoms with van der Waals surface area (Å²) in [7, 11) is 0. The van der Waals surface area contributed by atoms with E-state index >= 15 is 0 Å². The molecule has 0 aromatic heterocycles. The minimum Gasteiger partial charge on any atom is -0.299 e. The van der Waals surface area contributed by atoms with Gasteiger partial charge < -0.3 is 0 Å². The molecule has 0 aliphatic heterocycles. The lowest BCUT2D eigenvalue weighted by molar-refractivity contribution is -0.119. The third-order valence-corrected chi connectivity index (χ3v) is 3.20. The van der Waals surface area contributed by atoms with Crippen molar-refractivity contribution in [1.29, 1.82) is 0 Å². The minimum absolute atomic E-state index is 0.0741. The van der Waals surface area contributed by atoms with Crippen LogP contribution in [0.15, 0.2) is 18.2 Å². The topological polar surface area (TPSA) is 17.1 Å². The number of hydrogen-bond acceptors (Lipinski definition) is 1. The van der Waals surface area contributed by atoms with E-state index in [2.05, 4.69) is 0 Å². The van der Waals surface area contributed by atoms with E-state index in [1.807, 2.05) is 0 Å². The van der Waals surface area contributed by atoms with Crippen molar-refractivity contribution in [2.24, 2.45) is 0 Å². The van der Waals surface area contributed by atoms with Gasteiger partial charge in [0.1, 0.15) is 11.6 Å². The Morgan fingerprint density at radius 3 is 2.64 bits per heavy atom. The van der Waals surface area contributed by atoms with Gasteiger partial charge in [0.2, 0.25) is 0 Å². The largest absolute Gasteiger partial charge is 0.299 e. The van der Waals surface area contributed by atoms with Crippen LogP contribution < -0.4 is 0 Å². The highest BCUT2D eigenvalue weighted by atomic mass is 35.5. The van der Waals surface area contributed by atoms with Crippen molar-refractivity contribution in [3.63, 3.8) is 0 Å². The molecule has 1 fully saturated rings. The molecule has 0 unspecified atom stereocenters. The zero-order valence-corrected chi connectivity index (χ0v) is 8.57. The number of rotatable bonds is 2. The molecule has 0 atom stereocenters. The predicted molar refractivity (Wildman–Crippen MR) is 53.0 cm³/mol. The van der Waals surface area contributed by atoms with Crippen molar-refractivity contribution in [3.8, 4) is 0 Å². The van der Waals surface area contributed by atoms with E-state index in [9.17, 15) is 9.18 Å². The molecule has 0 heterocycles. The molecule has 1 aromatic carbocycles. The Labute approximate surface area is 86.9 Å². The third kappa shape index (κ3) is 1.34. The normalized spacial score (nSPS) is 17.9. The molecular weight excluding hydrogens is 203 g/mol. The second-order valence-electron chi connectivity index (χ2n) is 3.76. The van der Waals surface area contributed by atoms with Gasteiger partial charge in [0.05, 0.1) is 5.41 Å². The molecule has 1 saturated carbocycles. The van der Waals surface area contributed by atoms with Crippen molar-refractivity contribution >= 4 is 17.4 Å². The lowest BCUT2D eigenvalue weighted by Crippen LogP contribution is -2.17. The van der Waals surface area contributed by atoms with Crippen molar-refractivity contribution in [3.05, 3.63) is 34.6 Å². The number of hydrogen-bond donors (Lipinski definition) is 0. The highest BCUT2D eigenvalue weighted by Gasteiger charge is 2.49. The van der Waals surface area contributed by atoms with Gasteiger partial charge in [0.25, 0.3) is 0 Å². The van der Waals surface area contributed by atoms with E-state index in [1.165, 1.54) is 25.1 Å². The molecule has 1 aliphatic rings. The summed E-state index contributed by atoms with van der Waals surface area (Å²) in [5.41, 5.74) is 0.158. The molecule has 0 radical (unpaired) electrons.